The fourth-order valence-electron chi connectivity index (χ4n) is 1.39. The molecule has 0 amide bonds. The van der Waals surface area contributed by atoms with Crippen molar-refractivity contribution in [3.63, 3.8) is 0 Å². The van der Waals surface area contributed by atoms with E-state index in [-0.39, 0.29) is 12.1 Å². The fourth-order valence-corrected chi connectivity index (χ4v) is 1.39. The van der Waals surface area contributed by atoms with Gasteiger partial charge < -0.3 is 0 Å². The van der Waals surface area contributed by atoms with Gasteiger partial charge in [0.1, 0.15) is 0 Å². The standard InChI is InChI=1S/C7H7F3N3/c8-7(9,10)6-4-3-11-2-1-5(4)12-13-6/h1-3H2,(H,12,13). The molecule has 3 nitrogen and oxygen atoms in total. The monoisotopic (exact) mass is 190 g/mol. The minimum absolute atomic E-state index is 0.126. The van der Waals surface area contributed by atoms with Gasteiger partial charge in [-0.15, -0.1) is 0 Å². The fraction of sp³-hybridized carbons (Fsp3) is 0.571. The van der Waals surface area contributed by atoms with Gasteiger partial charge in [0, 0.05) is 30.8 Å². The van der Waals surface area contributed by atoms with Gasteiger partial charge in [0.25, 0.3) is 0 Å². The zero-order chi connectivity index (χ0) is 9.47. The largest absolute Gasteiger partial charge is 0.435 e. The number of rotatable bonds is 0. The molecule has 1 aromatic heterocycles. The summed E-state index contributed by atoms with van der Waals surface area (Å²) < 4.78 is 36.9. The van der Waals surface area contributed by atoms with Crippen molar-refractivity contribution in [2.45, 2.75) is 19.1 Å². The van der Waals surface area contributed by atoms with E-state index < -0.39 is 11.9 Å². The Balaban J connectivity index is 2.43. The molecule has 2 heterocycles. The van der Waals surface area contributed by atoms with E-state index in [1.54, 1.807) is 0 Å². The zero-order valence-corrected chi connectivity index (χ0v) is 6.65. The van der Waals surface area contributed by atoms with Crippen LogP contribution in [0.25, 0.3) is 0 Å². The van der Waals surface area contributed by atoms with Gasteiger partial charge in [-0.1, -0.05) is 0 Å². The molecule has 1 aliphatic heterocycles. The Morgan fingerprint density at radius 1 is 1.31 bits per heavy atom. The Kier molecular flexibility index (Phi) is 1.80. The van der Waals surface area contributed by atoms with Gasteiger partial charge >= 0.3 is 6.18 Å². The molecular formula is C7H7F3N3. The predicted molar refractivity (Wildman–Crippen MR) is 38.0 cm³/mol. The highest BCUT2D eigenvalue weighted by molar-refractivity contribution is 5.29. The molecule has 1 aromatic rings. The molecule has 2 rings (SSSR count). The smallest absolute Gasteiger partial charge is 0.282 e. The van der Waals surface area contributed by atoms with E-state index in [1.165, 1.54) is 0 Å². The number of alkyl halides is 3. The molecule has 1 radical (unpaired) electrons. The van der Waals surface area contributed by atoms with Crippen molar-refractivity contribution >= 4 is 0 Å². The van der Waals surface area contributed by atoms with E-state index >= 15 is 0 Å². The lowest BCUT2D eigenvalue weighted by Gasteiger charge is -2.12. The first kappa shape index (κ1) is 8.55. The van der Waals surface area contributed by atoms with Crippen LogP contribution in [-0.2, 0) is 19.1 Å². The number of fused-ring (bicyclic) bond motifs is 1. The molecule has 0 fully saturated rings. The lowest BCUT2D eigenvalue weighted by atomic mass is 10.1. The predicted octanol–water partition coefficient (Wildman–Crippen LogP) is 1.09. The van der Waals surface area contributed by atoms with Crippen LogP contribution in [0.2, 0.25) is 0 Å². The van der Waals surface area contributed by atoms with Crippen LogP contribution in [0.15, 0.2) is 0 Å². The van der Waals surface area contributed by atoms with Crippen molar-refractivity contribution in [3.05, 3.63) is 17.0 Å². The third-order valence-electron chi connectivity index (χ3n) is 2.01. The van der Waals surface area contributed by atoms with Gasteiger partial charge in [0.15, 0.2) is 5.69 Å². The summed E-state index contributed by atoms with van der Waals surface area (Å²) in [7, 11) is 0. The molecule has 13 heavy (non-hydrogen) atoms. The van der Waals surface area contributed by atoms with Gasteiger partial charge in [-0.05, 0) is 0 Å². The highest BCUT2D eigenvalue weighted by Gasteiger charge is 2.38. The normalized spacial score (nSPS) is 17.2. The molecule has 1 N–H and O–H groups in total. The lowest BCUT2D eigenvalue weighted by molar-refractivity contribution is -0.141. The maximum atomic E-state index is 12.3. The van der Waals surface area contributed by atoms with Crippen LogP contribution in [0.4, 0.5) is 13.2 Å². The number of halogens is 3. The molecule has 0 bridgehead atoms. The number of aromatic nitrogens is 2. The van der Waals surface area contributed by atoms with E-state index in [2.05, 4.69) is 15.5 Å². The van der Waals surface area contributed by atoms with Crippen LogP contribution in [0, 0.1) is 0 Å². The van der Waals surface area contributed by atoms with Crippen molar-refractivity contribution in [2.75, 3.05) is 6.54 Å². The number of nitrogens with one attached hydrogen (secondary N) is 1. The van der Waals surface area contributed by atoms with Gasteiger partial charge in [0.2, 0.25) is 0 Å². The SMILES string of the molecule is FC(F)(F)c1n[nH]c2c1C[N]CC2. The molecule has 0 atom stereocenters. The van der Waals surface area contributed by atoms with Crippen LogP contribution in [0.1, 0.15) is 17.0 Å². The summed E-state index contributed by atoms with van der Waals surface area (Å²) in [6.07, 6.45) is -3.84. The zero-order valence-electron chi connectivity index (χ0n) is 6.65. The summed E-state index contributed by atoms with van der Waals surface area (Å²) in [4.78, 5) is 0. The van der Waals surface area contributed by atoms with Crippen molar-refractivity contribution in [1.29, 1.82) is 0 Å². The third kappa shape index (κ3) is 1.41. The van der Waals surface area contributed by atoms with Crippen molar-refractivity contribution in [2.24, 2.45) is 0 Å². The molecule has 0 unspecified atom stereocenters. The van der Waals surface area contributed by atoms with Crippen LogP contribution in [0.5, 0.6) is 0 Å². The van der Waals surface area contributed by atoms with Crippen molar-refractivity contribution in [1.82, 2.24) is 15.5 Å². The molecule has 71 valence electrons. The Hall–Kier alpha value is -1.04. The average molecular weight is 190 g/mol. The highest BCUT2D eigenvalue weighted by Crippen LogP contribution is 2.32. The molecule has 6 heteroatoms. The van der Waals surface area contributed by atoms with Crippen LogP contribution in [-0.4, -0.2) is 16.7 Å². The van der Waals surface area contributed by atoms with Crippen LogP contribution >= 0.6 is 0 Å². The Morgan fingerprint density at radius 3 is 2.77 bits per heavy atom. The number of H-pyrrole nitrogens is 1. The summed E-state index contributed by atoms with van der Waals surface area (Å²) in [5.74, 6) is 0. The minimum atomic E-state index is -4.36. The molecule has 1 aliphatic rings. The van der Waals surface area contributed by atoms with Gasteiger partial charge in [-0.3, -0.25) is 5.10 Å². The summed E-state index contributed by atoms with van der Waals surface area (Å²) in [6, 6.07) is 0. The van der Waals surface area contributed by atoms with Crippen molar-refractivity contribution in [3.8, 4) is 0 Å². The number of hydrogen-bond donors (Lipinski definition) is 1. The molecule has 0 aliphatic carbocycles. The Morgan fingerprint density at radius 2 is 2.08 bits per heavy atom. The third-order valence-corrected chi connectivity index (χ3v) is 2.01. The molecule has 0 aromatic carbocycles. The lowest BCUT2D eigenvalue weighted by Crippen LogP contribution is -2.19. The van der Waals surface area contributed by atoms with Crippen LogP contribution < -0.4 is 5.32 Å². The van der Waals surface area contributed by atoms with Gasteiger partial charge in [0.05, 0.1) is 0 Å². The maximum Gasteiger partial charge on any atom is 0.435 e. The molecule has 0 saturated carbocycles. The van der Waals surface area contributed by atoms with Gasteiger partial charge in [-0.25, -0.2) is 5.32 Å². The Bertz CT molecular complexity index is 315. The summed E-state index contributed by atoms with van der Waals surface area (Å²) in [5, 5.41) is 9.57. The molecule has 0 saturated heterocycles. The van der Waals surface area contributed by atoms with E-state index in [0.717, 1.165) is 0 Å². The van der Waals surface area contributed by atoms with Crippen molar-refractivity contribution < 1.29 is 13.2 Å². The minimum Gasteiger partial charge on any atom is -0.282 e. The topological polar surface area (TPSA) is 42.8 Å². The van der Waals surface area contributed by atoms with E-state index in [1.807, 2.05) is 0 Å². The first-order valence-corrected chi connectivity index (χ1v) is 3.85. The second kappa shape index (κ2) is 2.73. The van der Waals surface area contributed by atoms with E-state index in [9.17, 15) is 13.2 Å². The highest BCUT2D eigenvalue weighted by atomic mass is 19.4. The Labute approximate surface area is 72.3 Å². The van der Waals surface area contributed by atoms with E-state index in [4.69, 9.17) is 0 Å². The van der Waals surface area contributed by atoms with Gasteiger partial charge in [-0.2, -0.15) is 18.3 Å². The first-order chi connectivity index (χ1) is 6.09. The average Bonchev–Trinajstić information content (AvgIpc) is 2.45. The quantitative estimate of drug-likeness (QED) is 0.653. The number of hydrogen-bond acceptors (Lipinski definition) is 1. The first-order valence-electron chi connectivity index (χ1n) is 3.85. The van der Waals surface area contributed by atoms with E-state index in [0.29, 0.717) is 18.7 Å². The summed E-state index contributed by atoms with van der Waals surface area (Å²) >= 11 is 0. The second-order valence-corrected chi connectivity index (χ2v) is 2.88. The number of nitrogens with zero attached hydrogens (tertiary/aromatic N) is 2. The number of aromatic amines is 1. The van der Waals surface area contributed by atoms with Crippen LogP contribution in [0.3, 0.4) is 0 Å². The second-order valence-electron chi connectivity index (χ2n) is 2.88. The molecule has 0 spiro atoms. The maximum absolute atomic E-state index is 12.3. The summed E-state index contributed by atoms with van der Waals surface area (Å²) in [5.41, 5.74) is -0.0352. The molecular weight excluding hydrogens is 183 g/mol. The summed E-state index contributed by atoms with van der Waals surface area (Å²) in [6.45, 7) is 0.702.